The normalized spacial score (nSPS) is 12.4. The van der Waals surface area contributed by atoms with Crippen LogP contribution in [0.1, 0.15) is 12.8 Å². The van der Waals surface area contributed by atoms with E-state index in [2.05, 4.69) is 0 Å². The lowest BCUT2D eigenvalue weighted by molar-refractivity contribution is -0.147. The molecule has 6 nitrogen and oxygen atoms in total. The zero-order chi connectivity index (χ0) is 12.2. The van der Waals surface area contributed by atoms with Crippen molar-refractivity contribution in [3.8, 4) is 0 Å². The van der Waals surface area contributed by atoms with E-state index in [4.69, 9.17) is 25.1 Å². The van der Waals surface area contributed by atoms with Crippen LogP contribution in [0.15, 0.2) is 0 Å². The molecule has 1 unspecified atom stereocenters. The summed E-state index contributed by atoms with van der Waals surface area (Å²) in [5.41, 5.74) is 5.42. The van der Waals surface area contributed by atoms with Gasteiger partial charge >= 0.3 is 5.97 Å². The predicted octanol–water partition coefficient (Wildman–Crippen LogP) is -0.708. The maximum Gasteiger partial charge on any atom is 0.323 e. The molecule has 1 atom stereocenters. The summed E-state index contributed by atoms with van der Waals surface area (Å²) in [6, 6.07) is -0.751. The topological polar surface area (TPSA) is 91.0 Å². The highest BCUT2D eigenvalue weighted by Gasteiger charge is 2.13. The zero-order valence-electron chi connectivity index (χ0n) is 9.68. The monoisotopic (exact) mass is 235 g/mol. The summed E-state index contributed by atoms with van der Waals surface area (Å²) in [6.45, 7) is 1.64. The molecule has 0 aliphatic rings. The summed E-state index contributed by atoms with van der Waals surface area (Å²) >= 11 is 0. The number of aliphatic hydroxyl groups is 1. The van der Waals surface area contributed by atoms with Gasteiger partial charge in [-0.2, -0.15) is 0 Å². The molecule has 0 spiro atoms. The first kappa shape index (κ1) is 15.3. The number of methoxy groups -OCH3 is 1. The summed E-state index contributed by atoms with van der Waals surface area (Å²) in [6.07, 6.45) is 1.03. The van der Waals surface area contributed by atoms with Crippen LogP contribution in [-0.2, 0) is 19.0 Å². The number of esters is 1. The standard InChI is InChI=1S/C10H21NO5/c1-14-5-2-6-15-7-8-16-10(13)9(11)3-4-12/h9,12H,2-8,11H2,1H3. The van der Waals surface area contributed by atoms with E-state index in [1.807, 2.05) is 0 Å². The van der Waals surface area contributed by atoms with Gasteiger partial charge in [0.15, 0.2) is 0 Å². The quantitative estimate of drug-likeness (QED) is 0.384. The molecule has 0 aliphatic heterocycles. The molecule has 0 rings (SSSR count). The number of rotatable bonds is 10. The van der Waals surface area contributed by atoms with Crippen LogP contribution in [0, 0.1) is 0 Å². The molecular formula is C10H21NO5. The predicted molar refractivity (Wildman–Crippen MR) is 57.9 cm³/mol. The molecule has 3 N–H and O–H groups in total. The summed E-state index contributed by atoms with van der Waals surface area (Å²) in [4.78, 5) is 11.1. The smallest absolute Gasteiger partial charge is 0.323 e. The second kappa shape index (κ2) is 10.8. The van der Waals surface area contributed by atoms with Gasteiger partial charge in [-0.15, -0.1) is 0 Å². The van der Waals surface area contributed by atoms with Crippen LogP contribution >= 0.6 is 0 Å². The Balaban J connectivity index is 3.27. The zero-order valence-corrected chi connectivity index (χ0v) is 9.68. The summed E-state index contributed by atoms with van der Waals surface area (Å²) in [7, 11) is 1.63. The molecule has 0 amide bonds. The van der Waals surface area contributed by atoms with Gasteiger partial charge in [-0.3, -0.25) is 4.79 Å². The second-order valence-electron chi connectivity index (χ2n) is 3.24. The van der Waals surface area contributed by atoms with Crippen molar-refractivity contribution in [2.45, 2.75) is 18.9 Å². The van der Waals surface area contributed by atoms with E-state index >= 15 is 0 Å². The van der Waals surface area contributed by atoms with E-state index in [-0.39, 0.29) is 19.6 Å². The lowest BCUT2D eigenvalue weighted by atomic mass is 10.2. The van der Waals surface area contributed by atoms with Gasteiger partial charge in [0, 0.05) is 26.9 Å². The van der Waals surface area contributed by atoms with Gasteiger partial charge in [0.1, 0.15) is 12.6 Å². The molecule has 0 radical (unpaired) electrons. The third-order valence-electron chi connectivity index (χ3n) is 1.85. The highest BCUT2D eigenvalue weighted by molar-refractivity contribution is 5.75. The van der Waals surface area contributed by atoms with Crippen molar-refractivity contribution >= 4 is 5.97 Å². The Labute approximate surface area is 95.7 Å². The van der Waals surface area contributed by atoms with Crippen LogP contribution in [0.2, 0.25) is 0 Å². The Morgan fingerprint density at radius 1 is 1.31 bits per heavy atom. The average Bonchev–Trinajstić information content (AvgIpc) is 2.28. The lowest BCUT2D eigenvalue weighted by Crippen LogP contribution is -2.33. The fraction of sp³-hybridized carbons (Fsp3) is 0.900. The molecule has 6 heteroatoms. The van der Waals surface area contributed by atoms with E-state index in [1.54, 1.807) is 7.11 Å². The van der Waals surface area contributed by atoms with Crippen LogP contribution in [0.5, 0.6) is 0 Å². The minimum atomic E-state index is -0.751. The van der Waals surface area contributed by atoms with E-state index in [9.17, 15) is 4.79 Å². The Morgan fingerprint density at radius 2 is 2.06 bits per heavy atom. The Hall–Kier alpha value is -0.690. The molecule has 96 valence electrons. The number of hydrogen-bond acceptors (Lipinski definition) is 6. The summed E-state index contributed by atoms with van der Waals surface area (Å²) in [5.74, 6) is -0.505. The van der Waals surface area contributed by atoms with E-state index in [1.165, 1.54) is 0 Å². The van der Waals surface area contributed by atoms with Crippen LogP contribution in [0.3, 0.4) is 0 Å². The van der Waals surface area contributed by atoms with Crippen LogP contribution in [-0.4, -0.2) is 57.3 Å². The average molecular weight is 235 g/mol. The van der Waals surface area contributed by atoms with Crippen LogP contribution in [0.25, 0.3) is 0 Å². The van der Waals surface area contributed by atoms with E-state index in [0.29, 0.717) is 19.8 Å². The Bertz CT molecular complexity index is 177. The van der Waals surface area contributed by atoms with Crippen molar-refractivity contribution in [3.05, 3.63) is 0 Å². The van der Waals surface area contributed by atoms with Crippen molar-refractivity contribution < 1.29 is 24.1 Å². The Morgan fingerprint density at radius 3 is 2.69 bits per heavy atom. The van der Waals surface area contributed by atoms with Crippen molar-refractivity contribution in [1.29, 1.82) is 0 Å². The van der Waals surface area contributed by atoms with Crippen molar-refractivity contribution in [2.75, 3.05) is 40.1 Å². The highest BCUT2D eigenvalue weighted by Crippen LogP contribution is 1.91. The van der Waals surface area contributed by atoms with Gasteiger partial charge in [-0.1, -0.05) is 0 Å². The van der Waals surface area contributed by atoms with Gasteiger partial charge in [0.2, 0.25) is 0 Å². The van der Waals surface area contributed by atoms with Gasteiger partial charge in [0.25, 0.3) is 0 Å². The molecule has 0 saturated heterocycles. The largest absolute Gasteiger partial charge is 0.462 e. The molecule has 0 heterocycles. The fourth-order valence-corrected chi connectivity index (χ4v) is 0.973. The third-order valence-corrected chi connectivity index (χ3v) is 1.85. The lowest BCUT2D eigenvalue weighted by Gasteiger charge is -2.10. The van der Waals surface area contributed by atoms with E-state index in [0.717, 1.165) is 6.42 Å². The molecule has 0 bridgehead atoms. The first-order valence-electron chi connectivity index (χ1n) is 5.32. The first-order chi connectivity index (χ1) is 7.72. The maximum absolute atomic E-state index is 11.1. The number of carbonyl (C=O) groups excluding carboxylic acids is 1. The molecule has 0 aliphatic carbocycles. The van der Waals surface area contributed by atoms with Gasteiger partial charge in [-0.05, 0) is 12.8 Å². The van der Waals surface area contributed by atoms with E-state index < -0.39 is 12.0 Å². The molecule has 0 aromatic carbocycles. The SMILES string of the molecule is COCCCOCCOC(=O)C(N)CCO. The molecule has 0 saturated carbocycles. The van der Waals surface area contributed by atoms with Gasteiger partial charge in [-0.25, -0.2) is 0 Å². The molecule has 16 heavy (non-hydrogen) atoms. The van der Waals surface area contributed by atoms with Crippen molar-refractivity contribution in [3.63, 3.8) is 0 Å². The van der Waals surface area contributed by atoms with Crippen LogP contribution in [0.4, 0.5) is 0 Å². The fourth-order valence-electron chi connectivity index (χ4n) is 0.973. The first-order valence-corrected chi connectivity index (χ1v) is 5.32. The van der Waals surface area contributed by atoms with Gasteiger partial charge in [0.05, 0.1) is 6.61 Å². The number of hydrogen-bond donors (Lipinski definition) is 2. The summed E-state index contributed by atoms with van der Waals surface area (Å²) < 4.78 is 14.8. The molecule has 0 aromatic rings. The number of aliphatic hydroxyl groups excluding tert-OH is 1. The van der Waals surface area contributed by atoms with Gasteiger partial charge < -0.3 is 25.1 Å². The highest BCUT2D eigenvalue weighted by atomic mass is 16.6. The minimum absolute atomic E-state index is 0.121. The molecule has 0 fully saturated rings. The second-order valence-corrected chi connectivity index (χ2v) is 3.24. The maximum atomic E-state index is 11.1. The number of carbonyl (C=O) groups is 1. The Kier molecular flexibility index (Phi) is 10.3. The minimum Gasteiger partial charge on any atom is -0.462 e. The molecule has 0 aromatic heterocycles. The van der Waals surface area contributed by atoms with Crippen molar-refractivity contribution in [2.24, 2.45) is 5.73 Å². The molecular weight excluding hydrogens is 214 g/mol. The number of ether oxygens (including phenoxy) is 3. The van der Waals surface area contributed by atoms with Crippen molar-refractivity contribution in [1.82, 2.24) is 0 Å². The van der Waals surface area contributed by atoms with Crippen LogP contribution < -0.4 is 5.73 Å². The summed E-state index contributed by atoms with van der Waals surface area (Å²) in [5, 5.41) is 8.55. The third kappa shape index (κ3) is 8.60. The number of nitrogens with two attached hydrogens (primary N) is 1.